The van der Waals surface area contributed by atoms with Crippen LogP contribution >= 0.6 is 0 Å². The molecule has 4 heterocycles. The highest BCUT2D eigenvalue weighted by molar-refractivity contribution is 5.86. The van der Waals surface area contributed by atoms with Crippen LogP contribution in [-0.2, 0) is 16.1 Å². The highest BCUT2D eigenvalue weighted by atomic mass is 16.2. The summed E-state index contributed by atoms with van der Waals surface area (Å²) in [6.45, 7) is 9.10. The molecule has 1 aromatic heterocycles. The zero-order valence-electron chi connectivity index (χ0n) is 17.1. The van der Waals surface area contributed by atoms with E-state index in [4.69, 9.17) is 0 Å². The van der Waals surface area contributed by atoms with Crippen molar-refractivity contribution in [2.24, 2.45) is 16.7 Å². The van der Waals surface area contributed by atoms with Crippen molar-refractivity contribution in [1.29, 1.82) is 0 Å². The van der Waals surface area contributed by atoms with Crippen LogP contribution in [0.3, 0.4) is 0 Å². The number of nitrogens with zero attached hydrogens (tertiary/aromatic N) is 3. The monoisotopic (exact) mass is 384 g/mol. The van der Waals surface area contributed by atoms with Crippen molar-refractivity contribution in [2.45, 2.75) is 46.1 Å². The normalized spacial score (nSPS) is 27.1. The molecule has 6 heteroatoms. The number of pyridine rings is 1. The van der Waals surface area contributed by atoms with E-state index in [0.29, 0.717) is 12.3 Å². The average molecular weight is 385 g/mol. The molecule has 1 unspecified atom stereocenters. The first-order valence-electron chi connectivity index (χ1n) is 10.6. The molecule has 0 aliphatic carbocycles. The van der Waals surface area contributed by atoms with Gasteiger partial charge >= 0.3 is 0 Å². The average Bonchev–Trinajstić information content (AvgIpc) is 3.17. The molecule has 2 spiro atoms. The third kappa shape index (κ3) is 3.32. The molecule has 1 aromatic rings. The first kappa shape index (κ1) is 19.4. The zero-order chi connectivity index (χ0) is 19.8. The van der Waals surface area contributed by atoms with E-state index in [1.165, 1.54) is 5.56 Å². The molecule has 152 valence electrons. The van der Waals surface area contributed by atoms with E-state index in [-0.39, 0.29) is 22.6 Å². The molecular weight excluding hydrogens is 352 g/mol. The summed E-state index contributed by atoms with van der Waals surface area (Å²) in [6, 6.07) is 4.07. The fourth-order valence-electron chi connectivity index (χ4n) is 5.67. The van der Waals surface area contributed by atoms with E-state index >= 15 is 0 Å². The molecular formula is C22H32N4O2. The molecule has 1 N–H and O–H groups in total. The SMILES string of the molecule is CC(C)CC(=O)N1CCC2(CC1)CN(Cc1cccnc1)CC21CCNC1=O. The van der Waals surface area contributed by atoms with Gasteiger partial charge in [0.2, 0.25) is 11.8 Å². The number of carbonyl (C=O) groups excluding carboxylic acids is 2. The van der Waals surface area contributed by atoms with Gasteiger partial charge in [-0.25, -0.2) is 0 Å². The number of piperidine rings is 1. The minimum atomic E-state index is -0.303. The van der Waals surface area contributed by atoms with Crippen molar-refractivity contribution >= 4 is 11.8 Å². The summed E-state index contributed by atoms with van der Waals surface area (Å²) in [7, 11) is 0. The van der Waals surface area contributed by atoms with Crippen LogP contribution in [0.25, 0.3) is 0 Å². The van der Waals surface area contributed by atoms with Crippen molar-refractivity contribution in [3.63, 3.8) is 0 Å². The van der Waals surface area contributed by atoms with Gasteiger partial charge in [0.25, 0.3) is 0 Å². The number of aromatic nitrogens is 1. The number of hydrogen-bond acceptors (Lipinski definition) is 4. The first-order chi connectivity index (χ1) is 13.4. The van der Waals surface area contributed by atoms with E-state index in [1.54, 1.807) is 6.20 Å². The van der Waals surface area contributed by atoms with E-state index in [9.17, 15) is 9.59 Å². The molecule has 3 aliphatic heterocycles. The lowest BCUT2D eigenvalue weighted by Gasteiger charge is -2.46. The minimum Gasteiger partial charge on any atom is -0.356 e. The second-order valence-electron chi connectivity index (χ2n) is 9.35. The largest absolute Gasteiger partial charge is 0.356 e. The smallest absolute Gasteiger partial charge is 0.228 e. The molecule has 4 rings (SSSR count). The van der Waals surface area contributed by atoms with Gasteiger partial charge in [0, 0.05) is 63.5 Å². The fraction of sp³-hybridized carbons (Fsp3) is 0.682. The molecule has 1 atom stereocenters. The Bertz CT molecular complexity index is 727. The zero-order valence-corrected chi connectivity index (χ0v) is 17.1. The van der Waals surface area contributed by atoms with Crippen LogP contribution in [0.15, 0.2) is 24.5 Å². The summed E-state index contributed by atoms with van der Waals surface area (Å²) >= 11 is 0. The number of nitrogens with one attached hydrogen (secondary N) is 1. The van der Waals surface area contributed by atoms with E-state index in [0.717, 1.165) is 58.5 Å². The van der Waals surface area contributed by atoms with Crippen LogP contribution < -0.4 is 5.32 Å². The highest BCUT2D eigenvalue weighted by Crippen LogP contribution is 2.56. The highest BCUT2D eigenvalue weighted by Gasteiger charge is 2.63. The summed E-state index contributed by atoms with van der Waals surface area (Å²) in [6.07, 6.45) is 7.09. The lowest BCUT2D eigenvalue weighted by molar-refractivity contribution is -0.139. The number of carbonyl (C=O) groups is 2. The molecule has 0 radical (unpaired) electrons. The lowest BCUT2D eigenvalue weighted by Crippen LogP contribution is -2.53. The van der Waals surface area contributed by atoms with Crippen LogP contribution in [-0.4, -0.2) is 59.3 Å². The second kappa shape index (κ2) is 7.47. The van der Waals surface area contributed by atoms with Gasteiger partial charge in [-0.2, -0.15) is 0 Å². The van der Waals surface area contributed by atoms with Crippen LogP contribution in [0.1, 0.15) is 45.1 Å². The molecule has 28 heavy (non-hydrogen) atoms. The fourth-order valence-corrected chi connectivity index (χ4v) is 5.67. The third-order valence-corrected chi connectivity index (χ3v) is 7.09. The molecule has 3 saturated heterocycles. The topological polar surface area (TPSA) is 65.5 Å². The maximum atomic E-state index is 13.0. The van der Waals surface area contributed by atoms with Crippen molar-refractivity contribution in [2.75, 3.05) is 32.7 Å². The van der Waals surface area contributed by atoms with Crippen molar-refractivity contribution < 1.29 is 9.59 Å². The van der Waals surface area contributed by atoms with Gasteiger partial charge in [0.1, 0.15) is 0 Å². The Labute approximate surface area is 167 Å². The maximum absolute atomic E-state index is 13.0. The van der Waals surface area contributed by atoms with Crippen LogP contribution in [0.4, 0.5) is 0 Å². The quantitative estimate of drug-likeness (QED) is 0.863. The molecule has 0 saturated carbocycles. The Morgan fingerprint density at radius 2 is 2.04 bits per heavy atom. The number of amides is 2. The molecule has 3 fully saturated rings. The van der Waals surface area contributed by atoms with E-state index in [1.807, 2.05) is 17.2 Å². The molecule has 6 nitrogen and oxygen atoms in total. The van der Waals surface area contributed by atoms with Crippen molar-refractivity contribution in [1.82, 2.24) is 20.1 Å². The first-order valence-corrected chi connectivity index (χ1v) is 10.6. The Balaban J connectivity index is 1.51. The molecule has 0 aromatic carbocycles. The lowest BCUT2D eigenvalue weighted by atomic mass is 9.60. The number of rotatable bonds is 4. The van der Waals surface area contributed by atoms with Crippen LogP contribution in [0.5, 0.6) is 0 Å². The number of fused-ring (bicyclic) bond motifs is 1. The number of likely N-dealkylation sites (tertiary alicyclic amines) is 2. The summed E-state index contributed by atoms with van der Waals surface area (Å²) < 4.78 is 0. The summed E-state index contributed by atoms with van der Waals surface area (Å²) in [5.41, 5.74) is 0.866. The Morgan fingerprint density at radius 1 is 1.25 bits per heavy atom. The van der Waals surface area contributed by atoms with Gasteiger partial charge in [-0.1, -0.05) is 19.9 Å². The predicted molar refractivity (Wildman–Crippen MR) is 107 cm³/mol. The van der Waals surface area contributed by atoms with Gasteiger partial charge < -0.3 is 10.2 Å². The van der Waals surface area contributed by atoms with Crippen molar-refractivity contribution in [3.05, 3.63) is 30.1 Å². The van der Waals surface area contributed by atoms with Gasteiger partial charge in [0.15, 0.2) is 0 Å². The third-order valence-electron chi connectivity index (χ3n) is 7.09. The molecule has 3 aliphatic rings. The van der Waals surface area contributed by atoms with Crippen LogP contribution in [0.2, 0.25) is 0 Å². The maximum Gasteiger partial charge on any atom is 0.228 e. The summed E-state index contributed by atoms with van der Waals surface area (Å²) in [5.74, 6) is 0.875. The van der Waals surface area contributed by atoms with Gasteiger partial charge in [-0.15, -0.1) is 0 Å². The Morgan fingerprint density at radius 3 is 2.64 bits per heavy atom. The van der Waals surface area contributed by atoms with Gasteiger partial charge in [0.05, 0.1) is 5.41 Å². The minimum absolute atomic E-state index is 0.0234. The molecule has 0 bridgehead atoms. The van der Waals surface area contributed by atoms with Gasteiger partial charge in [-0.05, 0) is 36.8 Å². The summed E-state index contributed by atoms with van der Waals surface area (Å²) in [5, 5.41) is 3.11. The molecule has 2 amide bonds. The predicted octanol–water partition coefficient (Wildman–Crippen LogP) is 2.06. The standard InChI is InChI=1S/C22H32N4O2/c1-17(2)12-19(27)26-10-6-21(7-11-26)15-25(14-18-4-3-8-23-13-18)16-22(21)5-9-24-20(22)28/h3-4,8,13,17H,5-7,9-12,14-16H2,1-2H3,(H,24,28). The van der Waals surface area contributed by atoms with Crippen molar-refractivity contribution in [3.8, 4) is 0 Å². The Kier molecular flexibility index (Phi) is 5.17. The van der Waals surface area contributed by atoms with E-state index < -0.39 is 0 Å². The summed E-state index contributed by atoms with van der Waals surface area (Å²) in [4.78, 5) is 34.2. The Hall–Kier alpha value is -1.95. The van der Waals surface area contributed by atoms with Crippen LogP contribution in [0, 0.1) is 16.7 Å². The second-order valence-corrected chi connectivity index (χ2v) is 9.35. The number of hydrogen-bond donors (Lipinski definition) is 1. The van der Waals surface area contributed by atoms with E-state index in [2.05, 4.69) is 35.1 Å². The van der Waals surface area contributed by atoms with Gasteiger partial charge in [-0.3, -0.25) is 19.5 Å².